The van der Waals surface area contributed by atoms with E-state index in [0.29, 0.717) is 12.2 Å². The summed E-state index contributed by atoms with van der Waals surface area (Å²) in [6.07, 6.45) is 1.54. The van der Waals surface area contributed by atoms with Crippen molar-refractivity contribution in [2.24, 2.45) is 0 Å². The molecule has 0 unspecified atom stereocenters. The van der Waals surface area contributed by atoms with Crippen LogP contribution in [0.4, 0.5) is 0 Å². The standard InChI is InChI=1S/C12H13N3O2/c1-15(12(17)11-6-7-13-14-11)8-9-2-4-10(16)5-3-9/h2-7,16H,8H2,1H3,(H,13,14). The van der Waals surface area contributed by atoms with E-state index in [1.54, 1.807) is 48.5 Å². The van der Waals surface area contributed by atoms with Crippen molar-refractivity contribution >= 4 is 5.91 Å². The average Bonchev–Trinajstić information content (AvgIpc) is 2.84. The molecule has 17 heavy (non-hydrogen) atoms. The van der Waals surface area contributed by atoms with Gasteiger partial charge in [-0.25, -0.2) is 0 Å². The molecule has 0 bridgehead atoms. The zero-order chi connectivity index (χ0) is 12.3. The van der Waals surface area contributed by atoms with Gasteiger partial charge in [-0.2, -0.15) is 5.10 Å². The zero-order valence-corrected chi connectivity index (χ0v) is 9.42. The Morgan fingerprint density at radius 2 is 2.06 bits per heavy atom. The summed E-state index contributed by atoms with van der Waals surface area (Å²) in [5.74, 6) is 0.104. The summed E-state index contributed by atoms with van der Waals surface area (Å²) in [6, 6.07) is 8.40. The molecule has 5 heteroatoms. The summed E-state index contributed by atoms with van der Waals surface area (Å²) in [5, 5.41) is 15.5. The molecule has 0 spiro atoms. The van der Waals surface area contributed by atoms with E-state index < -0.39 is 0 Å². The molecule has 0 saturated heterocycles. The smallest absolute Gasteiger partial charge is 0.271 e. The molecule has 88 valence electrons. The Bertz CT molecular complexity index is 491. The third kappa shape index (κ3) is 2.63. The number of hydrogen-bond acceptors (Lipinski definition) is 3. The maximum atomic E-state index is 11.9. The van der Waals surface area contributed by atoms with E-state index in [1.807, 2.05) is 0 Å². The summed E-state index contributed by atoms with van der Waals surface area (Å²) in [7, 11) is 1.72. The molecular weight excluding hydrogens is 218 g/mol. The van der Waals surface area contributed by atoms with Gasteiger partial charge in [0.1, 0.15) is 11.4 Å². The second-order valence-corrected chi connectivity index (χ2v) is 3.80. The Kier molecular flexibility index (Phi) is 3.09. The highest BCUT2D eigenvalue weighted by Crippen LogP contribution is 2.12. The van der Waals surface area contributed by atoms with Crippen molar-refractivity contribution in [2.75, 3.05) is 7.05 Å². The summed E-state index contributed by atoms with van der Waals surface area (Å²) in [6.45, 7) is 0.484. The molecule has 0 fully saturated rings. The quantitative estimate of drug-likeness (QED) is 0.838. The van der Waals surface area contributed by atoms with Gasteiger partial charge in [-0.1, -0.05) is 12.1 Å². The van der Waals surface area contributed by atoms with Crippen LogP contribution in [0.2, 0.25) is 0 Å². The van der Waals surface area contributed by atoms with Crippen LogP contribution in [0.3, 0.4) is 0 Å². The number of nitrogens with zero attached hydrogens (tertiary/aromatic N) is 2. The van der Waals surface area contributed by atoms with E-state index >= 15 is 0 Å². The number of rotatable bonds is 3. The number of aromatic amines is 1. The number of H-pyrrole nitrogens is 1. The monoisotopic (exact) mass is 231 g/mol. The number of carbonyl (C=O) groups is 1. The van der Waals surface area contributed by atoms with E-state index in [-0.39, 0.29) is 11.7 Å². The molecule has 0 radical (unpaired) electrons. The Labute approximate surface area is 98.7 Å². The molecule has 1 heterocycles. The molecule has 0 atom stereocenters. The van der Waals surface area contributed by atoms with E-state index in [0.717, 1.165) is 5.56 Å². The highest BCUT2D eigenvalue weighted by atomic mass is 16.3. The van der Waals surface area contributed by atoms with Crippen molar-refractivity contribution in [1.29, 1.82) is 0 Å². The van der Waals surface area contributed by atoms with E-state index in [1.165, 1.54) is 0 Å². The number of amides is 1. The zero-order valence-electron chi connectivity index (χ0n) is 9.42. The van der Waals surface area contributed by atoms with Crippen molar-refractivity contribution in [2.45, 2.75) is 6.54 Å². The van der Waals surface area contributed by atoms with Gasteiger partial charge >= 0.3 is 0 Å². The van der Waals surface area contributed by atoms with Crippen LogP contribution >= 0.6 is 0 Å². The summed E-state index contributed by atoms with van der Waals surface area (Å²) in [4.78, 5) is 13.5. The topological polar surface area (TPSA) is 69.2 Å². The average molecular weight is 231 g/mol. The SMILES string of the molecule is CN(Cc1ccc(O)cc1)C(=O)c1ccn[nH]1. The van der Waals surface area contributed by atoms with Gasteiger partial charge in [-0.15, -0.1) is 0 Å². The lowest BCUT2D eigenvalue weighted by Gasteiger charge is -2.16. The first-order chi connectivity index (χ1) is 8.16. The van der Waals surface area contributed by atoms with E-state index in [9.17, 15) is 4.79 Å². The highest BCUT2D eigenvalue weighted by molar-refractivity contribution is 5.91. The Morgan fingerprint density at radius 1 is 1.35 bits per heavy atom. The fourth-order valence-corrected chi connectivity index (χ4v) is 1.53. The van der Waals surface area contributed by atoms with Crippen LogP contribution in [0.25, 0.3) is 0 Å². The lowest BCUT2D eigenvalue weighted by atomic mass is 10.2. The minimum absolute atomic E-state index is 0.115. The molecule has 2 aromatic rings. The number of phenolic OH excluding ortho intramolecular Hbond substituents is 1. The van der Waals surface area contributed by atoms with Gasteiger partial charge in [0.2, 0.25) is 0 Å². The molecule has 0 aliphatic rings. The molecule has 1 amide bonds. The van der Waals surface area contributed by atoms with E-state index in [2.05, 4.69) is 10.2 Å². The van der Waals surface area contributed by atoms with Crippen LogP contribution in [-0.4, -0.2) is 33.2 Å². The van der Waals surface area contributed by atoms with Crippen molar-refractivity contribution in [3.05, 3.63) is 47.8 Å². The number of hydrogen-bond donors (Lipinski definition) is 2. The first-order valence-corrected chi connectivity index (χ1v) is 5.19. The maximum absolute atomic E-state index is 11.9. The van der Waals surface area contributed by atoms with E-state index in [4.69, 9.17) is 5.11 Å². The second-order valence-electron chi connectivity index (χ2n) is 3.80. The largest absolute Gasteiger partial charge is 0.508 e. The predicted octanol–water partition coefficient (Wildman–Crippen LogP) is 1.39. The minimum Gasteiger partial charge on any atom is -0.508 e. The first kappa shape index (κ1) is 11.2. The molecule has 0 aliphatic heterocycles. The molecule has 2 N–H and O–H groups in total. The Morgan fingerprint density at radius 3 is 2.65 bits per heavy atom. The fourth-order valence-electron chi connectivity index (χ4n) is 1.53. The fraction of sp³-hybridized carbons (Fsp3) is 0.167. The third-order valence-corrected chi connectivity index (χ3v) is 2.43. The van der Waals surface area contributed by atoms with Crippen LogP contribution in [0, 0.1) is 0 Å². The summed E-state index contributed by atoms with van der Waals surface area (Å²) in [5.41, 5.74) is 1.42. The number of carbonyl (C=O) groups excluding carboxylic acids is 1. The normalized spacial score (nSPS) is 10.2. The van der Waals surface area contributed by atoms with Crippen LogP contribution in [0.5, 0.6) is 5.75 Å². The lowest BCUT2D eigenvalue weighted by molar-refractivity contribution is 0.0779. The molecule has 2 rings (SSSR count). The number of benzene rings is 1. The Balaban J connectivity index is 2.04. The van der Waals surface area contributed by atoms with Gasteiger partial charge < -0.3 is 10.0 Å². The number of nitrogens with one attached hydrogen (secondary N) is 1. The molecule has 0 aliphatic carbocycles. The molecule has 0 saturated carbocycles. The molecule has 1 aromatic carbocycles. The second kappa shape index (κ2) is 4.69. The minimum atomic E-state index is -0.115. The lowest BCUT2D eigenvalue weighted by Crippen LogP contribution is -2.26. The number of aromatic nitrogens is 2. The van der Waals surface area contributed by atoms with Crippen LogP contribution in [0.15, 0.2) is 36.5 Å². The van der Waals surface area contributed by atoms with Crippen LogP contribution in [0.1, 0.15) is 16.1 Å². The predicted molar refractivity (Wildman–Crippen MR) is 62.5 cm³/mol. The van der Waals surface area contributed by atoms with Gasteiger partial charge in [0.25, 0.3) is 5.91 Å². The van der Waals surface area contributed by atoms with Crippen molar-refractivity contribution < 1.29 is 9.90 Å². The van der Waals surface area contributed by atoms with Gasteiger partial charge in [0.05, 0.1) is 0 Å². The first-order valence-electron chi connectivity index (χ1n) is 5.19. The van der Waals surface area contributed by atoms with Gasteiger partial charge in [0, 0.05) is 19.8 Å². The molecule has 5 nitrogen and oxygen atoms in total. The third-order valence-electron chi connectivity index (χ3n) is 2.43. The Hall–Kier alpha value is -2.30. The van der Waals surface area contributed by atoms with Crippen molar-refractivity contribution in [3.8, 4) is 5.75 Å². The van der Waals surface area contributed by atoms with Crippen LogP contribution < -0.4 is 0 Å². The van der Waals surface area contributed by atoms with Crippen molar-refractivity contribution in [3.63, 3.8) is 0 Å². The number of phenols is 1. The molecular formula is C12H13N3O2. The van der Waals surface area contributed by atoms with Crippen LogP contribution in [-0.2, 0) is 6.54 Å². The molecule has 1 aromatic heterocycles. The highest BCUT2D eigenvalue weighted by Gasteiger charge is 2.12. The number of aromatic hydroxyl groups is 1. The van der Waals surface area contributed by atoms with Gasteiger partial charge in [-0.05, 0) is 23.8 Å². The van der Waals surface area contributed by atoms with Crippen molar-refractivity contribution in [1.82, 2.24) is 15.1 Å². The van der Waals surface area contributed by atoms with Gasteiger partial charge in [-0.3, -0.25) is 9.89 Å². The van der Waals surface area contributed by atoms with Gasteiger partial charge in [0.15, 0.2) is 0 Å². The maximum Gasteiger partial charge on any atom is 0.271 e. The summed E-state index contributed by atoms with van der Waals surface area (Å²) < 4.78 is 0. The summed E-state index contributed by atoms with van der Waals surface area (Å²) >= 11 is 0.